The van der Waals surface area contributed by atoms with Crippen LogP contribution < -0.4 is 5.32 Å². The van der Waals surface area contributed by atoms with Gasteiger partial charge in [0.25, 0.3) is 0 Å². The molecule has 1 aromatic heterocycles. The number of hydrogen-bond donors (Lipinski definition) is 1. The van der Waals surface area contributed by atoms with Crippen LogP contribution in [0.5, 0.6) is 0 Å². The number of nitrogens with one attached hydrogen (secondary N) is 1. The molecule has 1 amide bonds. The Bertz CT molecular complexity index is 868. The molecule has 0 unspecified atom stereocenters. The van der Waals surface area contributed by atoms with Crippen molar-refractivity contribution >= 4 is 11.8 Å². The van der Waals surface area contributed by atoms with Crippen molar-refractivity contribution in [2.45, 2.75) is 25.5 Å². The first kappa shape index (κ1) is 18.2. The van der Waals surface area contributed by atoms with Gasteiger partial charge in [0.05, 0.1) is 6.26 Å². The van der Waals surface area contributed by atoms with E-state index in [9.17, 15) is 4.79 Å². The van der Waals surface area contributed by atoms with E-state index in [0.717, 1.165) is 35.4 Å². The van der Waals surface area contributed by atoms with E-state index >= 15 is 0 Å². The van der Waals surface area contributed by atoms with Crippen molar-refractivity contribution in [2.75, 3.05) is 18.4 Å². The van der Waals surface area contributed by atoms with E-state index < -0.39 is 0 Å². The number of ether oxygens (including phenoxy) is 1. The van der Waals surface area contributed by atoms with Crippen molar-refractivity contribution in [3.63, 3.8) is 0 Å². The first-order valence-corrected chi connectivity index (χ1v) is 9.64. The van der Waals surface area contributed by atoms with Crippen molar-refractivity contribution < 1.29 is 13.9 Å². The van der Waals surface area contributed by atoms with E-state index in [-0.39, 0.29) is 6.09 Å². The van der Waals surface area contributed by atoms with Crippen LogP contribution in [0.1, 0.15) is 18.4 Å². The second kappa shape index (κ2) is 8.65. The van der Waals surface area contributed by atoms with Gasteiger partial charge >= 0.3 is 6.09 Å². The van der Waals surface area contributed by atoms with Crippen molar-refractivity contribution in [1.29, 1.82) is 0 Å². The molecule has 28 heavy (non-hydrogen) atoms. The first-order chi connectivity index (χ1) is 13.8. The third-order valence-corrected chi connectivity index (χ3v) is 5.02. The summed E-state index contributed by atoms with van der Waals surface area (Å²) >= 11 is 0. The summed E-state index contributed by atoms with van der Waals surface area (Å²) in [6.45, 7) is 1.73. The van der Waals surface area contributed by atoms with Crippen LogP contribution >= 0.6 is 0 Å². The number of nitrogens with zero attached hydrogens (tertiary/aromatic N) is 1. The van der Waals surface area contributed by atoms with E-state index in [1.54, 1.807) is 11.2 Å². The van der Waals surface area contributed by atoms with Crippen molar-refractivity contribution in [3.8, 4) is 11.3 Å². The van der Waals surface area contributed by atoms with Crippen LogP contribution in [0, 0.1) is 0 Å². The number of rotatable bonds is 5. The van der Waals surface area contributed by atoms with E-state index in [0.29, 0.717) is 25.7 Å². The second-order valence-corrected chi connectivity index (χ2v) is 7.00. The molecule has 0 radical (unpaired) electrons. The molecule has 1 fully saturated rings. The minimum Gasteiger partial charge on any atom is -0.464 e. The van der Waals surface area contributed by atoms with Gasteiger partial charge < -0.3 is 19.4 Å². The number of likely N-dealkylation sites (tertiary alicyclic amines) is 1. The highest BCUT2D eigenvalue weighted by Crippen LogP contribution is 2.23. The zero-order chi connectivity index (χ0) is 19.2. The highest BCUT2D eigenvalue weighted by molar-refractivity contribution is 5.68. The maximum atomic E-state index is 12.3. The Kier molecular flexibility index (Phi) is 5.61. The minimum atomic E-state index is -0.231. The van der Waals surface area contributed by atoms with Gasteiger partial charge in [-0.05, 0) is 54.8 Å². The number of benzene rings is 2. The van der Waals surface area contributed by atoms with Crippen LogP contribution in [0.25, 0.3) is 11.3 Å². The Balaban J connectivity index is 1.23. The number of carbonyl (C=O) groups excluding carboxylic acids is 1. The molecule has 0 atom stereocenters. The molecule has 1 N–H and O–H groups in total. The summed E-state index contributed by atoms with van der Waals surface area (Å²) in [5.41, 5.74) is 3.15. The lowest BCUT2D eigenvalue weighted by atomic mass is 10.0. The molecule has 0 spiro atoms. The van der Waals surface area contributed by atoms with Gasteiger partial charge in [-0.25, -0.2) is 4.79 Å². The molecule has 0 saturated carbocycles. The molecule has 2 heterocycles. The molecule has 0 aliphatic carbocycles. The van der Waals surface area contributed by atoms with Crippen molar-refractivity contribution in [3.05, 3.63) is 78.6 Å². The smallest absolute Gasteiger partial charge is 0.410 e. The van der Waals surface area contributed by atoms with Gasteiger partial charge in [-0.1, -0.05) is 30.3 Å². The Hall–Kier alpha value is -3.21. The number of anilines is 1. The third-order valence-electron chi connectivity index (χ3n) is 5.02. The molecule has 2 aromatic carbocycles. The first-order valence-electron chi connectivity index (χ1n) is 9.64. The average molecular weight is 376 g/mol. The summed E-state index contributed by atoms with van der Waals surface area (Å²) in [6, 6.07) is 22.2. The molecule has 3 aromatic rings. The number of amides is 1. The van der Waals surface area contributed by atoms with Crippen molar-refractivity contribution in [2.24, 2.45) is 0 Å². The highest BCUT2D eigenvalue weighted by Gasteiger charge is 2.23. The molecular formula is C23H24N2O3. The quantitative estimate of drug-likeness (QED) is 0.668. The van der Waals surface area contributed by atoms with Crippen molar-refractivity contribution in [1.82, 2.24) is 4.90 Å². The largest absolute Gasteiger partial charge is 0.464 e. The molecule has 4 rings (SSSR count). The zero-order valence-corrected chi connectivity index (χ0v) is 15.7. The standard InChI is InChI=1S/C23H24N2O3/c26-23(28-17-18-5-2-1-3-6-18)25-14-12-21(13-15-25)24-20-10-8-19(9-11-20)22-7-4-16-27-22/h1-11,16,21,24H,12-15,17H2. The molecule has 1 aliphatic heterocycles. The van der Waals surface area contributed by atoms with Gasteiger partial charge in [-0.3, -0.25) is 0 Å². The predicted octanol–water partition coefficient (Wildman–Crippen LogP) is 5.16. The predicted molar refractivity (Wildman–Crippen MR) is 109 cm³/mol. The van der Waals surface area contributed by atoms with Gasteiger partial charge in [-0.2, -0.15) is 0 Å². The molecule has 1 aliphatic rings. The van der Waals surface area contributed by atoms with Crippen LogP contribution in [0.15, 0.2) is 77.4 Å². The molecule has 1 saturated heterocycles. The lowest BCUT2D eigenvalue weighted by Crippen LogP contribution is -2.42. The highest BCUT2D eigenvalue weighted by atomic mass is 16.6. The number of carbonyl (C=O) groups is 1. The molecule has 5 heteroatoms. The Morgan fingerprint density at radius 1 is 1.00 bits per heavy atom. The Morgan fingerprint density at radius 2 is 1.75 bits per heavy atom. The fourth-order valence-electron chi connectivity index (χ4n) is 3.43. The van der Waals surface area contributed by atoms with Gasteiger partial charge in [0.15, 0.2) is 0 Å². The summed E-state index contributed by atoms with van der Waals surface area (Å²) in [6.07, 6.45) is 3.26. The topological polar surface area (TPSA) is 54.7 Å². The molecule has 144 valence electrons. The minimum absolute atomic E-state index is 0.231. The monoisotopic (exact) mass is 376 g/mol. The lowest BCUT2D eigenvalue weighted by molar-refractivity contribution is 0.0882. The van der Waals surface area contributed by atoms with E-state index in [1.165, 1.54) is 0 Å². The van der Waals surface area contributed by atoms with Gasteiger partial charge in [0.1, 0.15) is 12.4 Å². The normalized spacial score (nSPS) is 14.6. The number of hydrogen-bond acceptors (Lipinski definition) is 4. The summed E-state index contributed by atoms with van der Waals surface area (Å²) < 4.78 is 10.8. The lowest BCUT2D eigenvalue weighted by Gasteiger charge is -2.32. The van der Waals surface area contributed by atoms with Crippen LogP contribution in [-0.2, 0) is 11.3 Å². The van der Waals surface area contributed by atoms with E-state index in [2.05, 4.69) is 29.6 Å². The van der Waals surface area contributed by atoms with Gasteiger partial charge in [0.2, 0.25) is 0 Å². The second-order valence-electron chi connectivity index (χ2n) is 7.00. The van der Waals surface area contributed by atoms with Crippen LogP contribution in [0.3, 0.4) is 0 Å². The fourth-order valence-corrected chi connectivity index (χ4v) is 3.43. The fraction of sp³-hybridized carbons (Fsp3) is 0.261. The van der Waals surface area contributed by atoms with Gasteiger partial charge in [0, 0.05) is 30.4 Å². The van der Waals surface area contributed by atoms with E-state index in [1.807, 2.05) is 42.5 Å². The zero-order valence-electron chi connectivity index (χ0n) is 15.7. The SMILES string of the molecule is O=C(OCc1ccccc1)N1CCC(Nc2ccc(-c3ccco3)cc2)CC1. The molecule has 5 nitrogen and oxygen atoms in total. The van der Waals surface area contributed by atoms with Gasteiger partial charge in [-0.15, -0.1) is 0 Å². The maximum Gasteiger partial charge on any atom is 0.410 e. The van der Waals surface area contributed by atoms with Crippen LogP contribution in [0.2, 0.25) is 0 Å². The van der Waals surface area contributed by atoms with Crippen LogP contribution in [-0.4, -0.2) is 30.1 Å². The maximum absolute atomic E-state index is 12.3. The number of piperidine rings is 1. The number of furan rings is 1. The molecule has 0 bridgehead atoms. The van der Waals surface area contributed by atoms with E-state index in [4.69, 9.17) is 9.15 Å². The molecular weight excluding hydrogens is 352 g/mol. The Morgan fingerprint density at radius 3 is 2.43 bits per heavy atom. The Labute approximate surface area is 164 Å². The average Bonchev–Trinajstić information content (AvgIpc) is 3.29. The summed E-state index contributed by atoms with van der Waals surface area (Å²) in [7, 11) is 0. The van der Waals surface area contributed by atoms with Crippen LogP contribution in [0.4, 0.5) is 10.5 Å². The summed E-state index contributed by atoms with van der Waals surface area (Å²) in [5, 5.41) is 3.56. The summed E-state index contributed by atoms with van der Waals surface area (Å²) in [5.74, 6) is 0.869. The third kappa shape index (κ3) is 4.55. The summed E-state index contributed by atoms with van der Waals surface area (Å²) in [4.78, 5) is 14.1.